The van der Waals surface area contributed by atoms with E-state index in [1.807, 2.05) is 30.3 Å². The summed E-state index contributed by atoms with van der Waals surface area (Å²) in [6, 6.07) is 15.5. The Morgan fingerprint density at radius 3 is 1.08 bits per heavy atom. The zero-order valence-electron chi connectivity index (χ0n) is 21.6. The minimum atomic E-state index is -1.67. The molecule has 0 aliphatic heterocycles. The molecule has 0 aromatic heterocycles. The molecule has 0 spiro atoms. The molecule has 0 aliphatic rings. The molecule has 3 rings (SSSR count). The minimum Gasteiger partial charge on any atom is -0.294 e. The van der Waals surface area contributed by atoms with Crippen LogP contribution in [0.15, 0.2) is 54.6 Å². The van der Waals surface area contributed by atoms with Gasteiger partial charge in [0.25, 0.3) is 0 Å². The Bertz CT molecular complexity index is 1390. The van der Waals surface area contributed by atoms with Gasteiger partial charge in [-0.15, -0.1) is 0 Å². The fraction of sp³-hybridized carbons (Fsp3) is 0.200. The predicted octanol–water partition coefficient (Wildman–Crippen LogP) is 4.66. The molecule has 0 bridgehead atoms. The lowest BCUT2D eigenvalue weighted by Crippen LogP contribution is -2.31. The second-order valence-corrected chi connectivity index (χ2v) is 10.9. The van der Waals surface area contributed by atoms with Gasteiger partial charge in [-0.3, -0.25) is 28.8 Å². The standard InChI is InChI=1S/C30H27O6P/c1-16(31)23-12-14-25(29(20(5)35)27(23)18(3)33)37(22-10-8-7-9-11-22)26-15-13-24(17(2)32)28(19(4)34)30(26)21(6)36/h7-15H,1-6H3. The molecule has 37 heavy (non-hydrogen) atoms. The van der Waals surface area contributed by atoms with Crippen LogP contribution in [0.4, 0.5) is 0 Å². The number of hydrogen-bond acceptors (Lipinski definition) is 6. The van der Waals surface area contributed by atoms with E-state index in [0.29, 0.717) is 10.6 Å². The Morgan fingerprint density at radius 1 is 0.432 bits per heavy atom. The van der Waals surface area contributed by atoms with Crippen molar-refractivity contribution < 1.29 is 28.8 Å². The molecule has 6 nitrogen and oxygen atoms in total. The fourth-order valence-corrected chi connectivity index (χ4v) is 7.29. The third-order valence-electron chi connectivity index (χ3n) is 6.03. The zero-order valence-corrected chi connectivity index (χ0v) is 22.5. The van der Waals surface area contributed by atoms with Crippen molar-refractivity contribution in [3.63, 3.8) is 0 Å². The molecule has 0 unspecified atom stereocenters. The van der Waals surface area contributed by atoms with Crippen molar-refractivity contribution in [2.75, 3.05) is 0 Å². The van der Waals surface area contributed by atoms with E-state index in [0.717, 1.165) is 5.30 Å². The van der Waals surface area contributed by atoms with Gasteiger partial charge in [-0.25, -0.2) is 0 Å². The molecule has 0 atom stereocenters. The van der Waals surface area contributed by atoms with E-state index < -0.39 is 31.1 Å². The van der Waals surface area contributed by atoms with Gasteiger partial charge in [0.2, 0.25) is 0 Å². The molecule has 7 heteroatoms. The number of benzene rings is 3. The summed E-state index contributed by atoms with van der Waals surface area (Å²) in [4.78, 5) is 76.3. The first-order chi connectivity index (χ1) is 17.4. The van der Waals surface area contributed by atoms with E-state index in [1.165, 1.54) is 53.7 Å². The molecule has 0 fully saturated rings. The molecule has 3 aromatic carbocycles. The van der Waals surface area contributed by atoms with Gasteiger partial charge in [-0.05, 0) is 77.5 Å². The monoisotopic (exact) mass is 514 g/mol. The summed E-state index contributed by atoms with van der Waals surface area (Å²) in [5, 5.41) is 1.73. The summed E-state index contributed by atoms with van der Waals surface area (Å²) in [6.45, 7) is 7.94. The molecule has 0 N–H and O–H groups in total. The van der Waals surface area contributed by atoms with Crippen LogP contribution in [0, 0.1) is 0 Å². The van der Waals surface area contributed by atoms with Gasteiger partial charge in [-0.1, -0.05) is 42.5 Å². The van der Waals surface area contributed by atoms with Gasteiger partial charge < -0.3 is 0 Å². The average Bonchev–Trinajstić information content (AvgIpc) is 2.83. The highest BCUT2D eigenvalue weighted by Crippen LogP contribution is 2.38. The SMILES string of the molecule is CC(=O)c1ccc(P(c2ccccc2)c2ccc(C(C)=O)c(C(C)=O)c2C(C)=O)c(C(C)=O)c1C(C)=O. The molecular formula is C30H27O6P. The Balaban J connectivity index is 2.59. The summed E-state index contributed by atoms with van der Waals surface area (Å²) in [6.07, 6.45) is 0. The molecule has 3 aromatic rings. The predicted molar refractivity (Wildman–Crippen MR) is 145 cm³/mol. The molecule has 0 amide bonds. The van der Waals surface area contributed by atoms with Crippen LogP contribution in [-0.4, -0.2) is 34.7 Å². The number of rotatable bonds is 9. The van der Waals surface area contributed by atoms with E-state index >= 15 is 0 Å². The Hall–Kier alpha value is -3.89. The first-order valence-electron chi connectivity index (χ1n) is 11.6. The number of hydrogen-bond donors (Lipinski definition) is 0. The summed E-state index contributed by atoms with van der Waals surface area (Å²) >= 11 is 0. The van der Waals surface area contributed by atoms with Crippen LogP contribution in [0.3, 0.4) is 0 Å². The quantitative estimate of drug-likeness (QED) is 0.304. The van der Waals surface area contributed by atoms with Crippen molar-refractivity contribution in [2.45, 2.75) is 41.5 Å². The highest BCUT2D eigenvalue weighted by molar-refractivity contribution is 7.80. The summed E-state index contributed by atoms with van der Waals surface area (Å²) < 4.78 is 0. The number of carbonyl (C=O) groups excluding carboxylic acids is 6. The largest absolute Gasteiger partial charge is 0.294 e. The van der Waals surface area contributed by atoms with Crippen LogP contribution in [0.5, 0.6) is 0 Å². The maximum Gasteiger partial charge on any atom is 0.161 e. The highest BCUT2D eigenvalue weighted by atomic mass is 31.1. The van der Waals surface area contributed by atoms with Gasteiger partial charge >= 0.3 is 0 Å². The second kappa shape index (κ2) is 11.0. The van der Waals surface area contributed by atoms with E-state index in [-0.39, 0.29) is 44.9 Å². The summed E-state index contributed by atoms with van der Waals surface area (Å²) in [5.74, 6) is -2.35. The summed E-state index contributed by atoms with van der Waals surface area (Å²) in [7, 11) is -1.67. The van der Waals surface area contributed by atoms with Gasteiger partial charge in [0, 0.05) is 33.4 Å². The van der Waals surface area contributed by atoms with Gasteiger partial charge in [-0.2, -0.15) is 0 Å². The van der Waals surface area contributed by atoms with Crippen LogP contribution in [0.2, 0.25) is 0 Å². The zero-order chi connectivity index (χ0) is 27.6. The topological polar surface area (TPSA) is 102 Å². The van der Waals surface area contributed by atoms with E-state index in [4.69, 9.17) is 0 Å². The van der Waals surface area contributed by atoms with Crippen LogP contribution in [-0.2, 0) is 0 Å². The maximum atomic E-state index is 13.1. The van der Waals surface area contributed by atoms with Gasteiger partial charge in [0.1, 0.15) is 0 Å². The highest BCUT2D eigenvalue weighted by Gasteiger charge is 2.32. The maximum absolute atomic E-state index is 13.1. The number of carbonyl (C=O) groups is 6. The molecule has 0 heterocycles. The molecule has 188 valence electrons. The number of Topliss-reactive ketones (excluding diaryl/α,β-unsaturated/α-hetero) is 6. The first-order valence-corrected chi connectivity index (χ1v) is 13.0. The molecule has 0 saturated heterocycles. The average molecular weight is 515 g/mol. The van der Waals surface area contributed by atoms with Crippen LogP contribution in [0.25, 0.3) is 0 Å². The summed E-state index contributed by atoms with van der Waals surface area (Å²) in [5.41, 5.74) is 0.601. The van der Waals surface area contributed by atoms with Crippen LogP contribution in [0.1, 0.15) is 104 Å². The second-order valence-electron chi connectivity index (χ2n) is 8.77. The molecule has 0 radical (unpaired) electrons. The Kier molecular flexibility index (Phi) is 8.25. The van der Waals surface area contributed by atoms with Gasteiger partial charge in [0.15, 0.2) is 34.7 Å². The van der Waals surface area contributed by atoms with E-state index in [2.05, 4.69) is 0 Å². The third-order valence-corrected chi connectivity index (χ3v) is 8.55. The number of ketones is 6. The van der Waals surface area contributed by atoms with E-state index in [9.17, 15) is 28.8 Å². The smallest absolute Gasteiger partial charge is 0.161 e. The fourth-order valence-electron chi connectivity index (χ4n) is 4.57. The minimum absolute atomic E-state index is 0.0393. The van der Waals surface area contributed by atoms with E-state index in [1.54, 1.807) is 12.1 Å². The Morgan fingerprint density at radius 2 is 0.784 bits per heavy atom. The Labute approximate surface area is 216 Å². The lowest BCUT2D eigenvalue weighted by Gasteiger charge is -2.26. The van der Waals surface area contributed by atoms with Crippen LogP contribution >= 0.6 is 7.92 Å². The van der Waals surface area contributed by atoms with Crippen LogP contribution < -0.4 is 15.9 Å². The normalized spacial score (nSPS) is 10.8. The van der Waals surface area contributed by atoms with Crippen molar-refractivity contribution in [1.29, 1.82) is 0 Å². The third kappa shape index (κ3) is 5.30. The lowest BCUT2D eigenvalue weighted by atomic mass is 9.93. The van der Waals surface area contributed by atoms with Crippen molar-refractivity contribution in [2.24, 2.45) is 0 Å². The first kappa shape index (κ1) is 27.7. The molecule has 0 aliphatic carbocycles. The van der Waals surface area contributed by atoms with Crippen molar-refractivity contribution in [3.05, 3.63) is 88.0 Å². The lowest BCUT2D eigenvalue weighted by molar-refractivity contribution is 0.0968. The van der Waals surface area contributed by atoms with Crippen molar-refractivity contribution in [1.82, 2.24) is 0 Å². The van der Waals surface area contributed by atoms with Crippen molar-refractivity contribution >= 4 is 58.5 Å². The van der Waals surface area contributed by atoms with Crippen molar-refractivity contribution in [3.8, 4) is 0 Å². The van der Waals surface area contributed by atoms with Gasteiger partial charge in [0.05, 0.1) is 0 Å². The molecule has 0 saturated carbocycles. The molecular weight excluding hydrogens is 487 g/mol.